The molecule has 0 aliphatic heterocycles. The number of hydrogen-bond donors (Lipinski definition) is 1. The Morgan fingerprint density at radius 3 is 1.41 bits per heavy atom. The van der Waals surface area contributed by atoms with Crippen molar-refractivity contribution in [3.05, 3.63) is 75.8 Å². The molecule has 1 heteroatoms. The molecule has 3 aromatic rings. The number of phenolic OH excluding ortho intramolecular Hbond substituents is 1. The third kappa shape index (κ3) is 6.75. The van der Waals surface area contributed by atoms with Crippen molar-refractivity contribution in [3.63, 3.8) is 0 Å². The summed E-state index contributed by atoms with van der Waals surface area (Å²) in [4.78, 5) is 0. The van der Waals surface area contributed by atoms with Gasteiger partial charge in [0.25, 0.3) is 0 Å². The Balaban J connectivity index is 0.000000434. The van der Waals surface area contributed by atoms with E-state index in [0.717, 1.165) is 21.9 Å². The van der Waals surface area contributed by atoms with Crippen molar-refractivity contribution >= 4 is 10.8 Å². The molecule has 3 aromatic carbocycles. The van der Waals surface area contributed by atoms with Crippen molar-refractivity contribution in [3.8, 4) is 5.75 Å². The lowest BCUT2D eigenvalue weighted by Gasteiger charge is -2.07. The summed E-state index contributed by atoms with van der Waals surface area (Å²) >= 11 is 0. The Morgan fingerprint density at radius 1 is 0.556 bits per heavy atom. The molecule has 0 aliphatic carbocycles. The van der Waals surface area contributed by atoms with Crippen molar-refractivity contribution in [1.29, 1.82) is 0 Å². The first-order chi connectivity index (χ1) is 12.8. The molecule has 148 valence electrons. The van der Waals surface area contributed by atoms with E-state index in [1.165, 1.54) is 22.3 Å². The van der Waals surface area contributed by atoms with Gasteiger partial charge in [-0.15, -0.1) is 0 Å². The zero-order valence-corrected chi connectivity index (χ0v) is 19.0. The third-order valence-electron chi connectivity index (χ3n) is 4.64. The van der Waals surface area contributed by atoms with Crippen LogP contribution in [0.2, 0.25) is 0 Å². The van der Waals surface area contributed by atoms with Gasteiger partial charge in [-0.2, -0.15) is 0 Å². The summed E-state index contributed by atoms with van der Waals surface area (Å²) in [6.45, 7) is 20.6. The average molecular weight is 367 g/mol. The minimum Gasteiger partial charge on any atom is -0.507 e. The molecule has 0 amide bonds. The lowest BCUT2D eigenvalue weighted by atomic mass is 10.0. The van der Waals surface area contributed by atoms with Crippen LogP contribution in [-0.2, 0) is 0 Å². The molecule has 0 bridgehead atoms. The average Bonchev–Trinajstić information content (AvgIpc) is 2.68. The predicted octanol–water partition coefficient (Wildman–Crippen LogP) is 8.13. The van der Waals surface area contributed by atoms with E-state index < -0.39 is 0 Å². The molecule has 0 saturated carbocycles. The number of aryl methyl sites for hydroxylation is 5. The van der Waals surface area contributed by atoms with Crippen molar-refractivity contribution in [1.82, 2.24) is 0 Å². The minimum atomic E-state index is 0.413. The molecule has 0 spiro atoms. The Hall–Kier alpha value is -2.28. The molecular weight excluding hydrogens is 328 g/mol. The second-order valence-corrected chi connectivity index (χ2v) is 6.41. The van der Waals surface area contributed by atoms with Gasteiger partial charge in [-0.3, -0.25) is 0 Å². The molecule has 0 fully saturated rings. The minimum absolute atomic E-state index is 0.413. The lowest BCUT2D eigenvalue weighted by molar-refractivity contribution is 0.477. The van der Waals surface area contributed by atoms with Crippen LogP contribution in [0.25, 0.3) is 10.8 Å². The van der Waals surface area contributed by atoms with Crippen LogP contribution < -0.4 is 0 Å². The molecule has 0 radical (unpaired) electrons. The van der Waals surface area contributed by atoms with E-state index in [-0.39, 0.29) is 0 Å². The van der Waals surface area contributed by atoms with E-state index in [1.54, 1.807) is 0 Å². The van der Waals surface area contributed by atoms with Crippen LogP contribution >= 0.6 is 0 Å². The quantitative estimate of drug-likeness (QED) is 0.425. The predicted molar refractivity (Wildman–Crippen MR) is 123 cm³/mol. The third-order valence-corrected chi connectivity index (χ3v) is 4.64. The maximum absolute atomic E-state index is 9.84. The fraction of sp³-hybridized carbons (Fsp3) is 0.385. The fourth-order valence-corrected chi connectivity index (χ4v) is 2.67. The molecular formula is C26H38O. The zero-order valence-electron chi connectivity index (χ0n) is 19.0. The maximum atomic E-state index is 9.84. The number of hydrogen-bond acceptors (Lipinski definition) is 1. The summed E-state index contributed by atoms with van der Waals surface area (Å²) in [6, 6.07) is 14.5. The topological polar surface area (TPSA) is 20.2 Å². The van der Waals surface area contributed by atoms with Gasteiger partial charge in [-0.25, -0.2) is 0 Å². The summed E-state index contributed by atoms with van der Waals surface area (Å²) in [5, 5.41) is 11.9. The monoisotopic (exact) mass is 366 g/mol. The van der Waals surface area contributed by atoms with E-state index in [2.05, 4.69) is 45.9 Å². The second kappa shape index (κ2) is 12.2. The van der Waals surface area contributed by atoms with Crippen LogP contribution in [0.15, 0.2) is 42.5 Å². The summed E-state index contributed by atoms with van der Waals surface area (Å²) in [6.07, 6.45) is 0. The number of fused-ring (bicyclic) bond motifs is 1. The standard InChI is InChI=1S/C12H12O.C10H14.2C2H6/c1-8-7-10-5-3-4-6-11(10)12(13)9(8)2;1-7-5-9(3)10(4)6-8(7)2;2*1-2/h3-7,13H,1-2H3;5-6H,1-4H3;2*1-2H3. The number of rotatable bonds is 0. The van der Waals surface area contributed by atoms with Gasteiger partial charge in [0.05, 0.1) is 0 Å². The fourth-order valence-electron chi connectivity index (χ4n) is 2.67. The normalized spacial score (nSPS) is 9.26. The van der Waals surface area contributed by atoms with Crippen LogP contribution in [0, 0.1) is 41.5 Å². The molecule has 0 unspecified atom stereocenters. The molecule has 1 N–H and O–H groups in total. The van der Waals surface area contributed by atoms with Gasteiger partial charge >= 0.3 is 0 Å². The van der Waals surface area contributed by atoms with Gasteiger partial charge in [0.15, 0.2) is 0 Å². The summed E-state index contributed by atoms with van der Waals surface area (Å²) in [7, 11) is 0. The van der Waals surface area contributed by atoms with Crippen molar-refractivity contribution in [2.45, 2.75) is 69.2 Å². The molecule has 0 aromatic heterocycles. The highest BCUT2D eigenvalue weighted by Crippen LogP contribution is 2.30. The molecule has 0 atom stereocenters. The molecule has 0 aliphatic rings. The number of phenols is 1. The summed E-state index contributed by atoms with van der Waals surface area (Å²) in [5.74, 6) is 0.413. The maximum Gasteiger partial charge on any atom is 0.126 e. The van der Waals surface area contributed by atoms with E-state index in [1.807, 2.05) is 65.8 Å². The Labute approximate surface area is 167 Å². The largest absolute Gasteiger partial charge is 0.507 e. The van der Waals surface area contributed by atoms with Crippen molar-refractivity contribution < 1.29 is 5.11 Å². The zero-order chi connectivity index (χ0) is 21.1. The summed E-state index contributed by atoms with van der Waals surface area (Å²) in [5.41, 5.74) is 7.67. The second-order valence-electron chi connectivity index (χ2n) is 6.41. The van der Waals surface area contributed by atoms with E-state index in [4.69, 9.17) is 0 Å². The van der Waals surface area contributed by atoms with Gasteiger partial charge < -0.3 is 5.11 Å². The molecule has 3 rings (SSSR count). The Bertz CT molecular complexity index is 794. The Morgan fingerprint density at radius 2 is 0.963 bits per heavy atom. The first-order valence-electron chi connectivity index (χ1n) is 10.0. The number of benzene rings is 3. The van der Waals surface area contributed by atoms with E-state index in [0.29, 0.717) is 5.75 Å². The van der Waals surface area contributed by atoms with Gasteiger partial charge in [0.2, 0.25) is 0 Å². The van der Waals surface area contributed by atoms with Crippen molar-refractivity contribution in [2.75, 3.05) is 0 Å². The highest BCUT2D eigenvalue weighted by Gasteiger charge is 2.04. The van der Waals surface area contributed by atoms with Crippen LogP contribution in [-0.4, -0.2) is 5.11 Å². The molecule has 1 nitrogen and oxygen atoms in total. The van der Waals surface area contributed by atoms with Gasteiger partial charge in [0, 0.05) is 5.39 Å². The highest BCUT2D eigenvalue weighted by atomic mass is 16.3. The van der Waals surface area contributed by atoms with Crippen LogP contribution in [0.3, 0.4) is 0 Å². The van der Waals surface area contributed by atoms with E-state index in [9.17, 15) is 5.11 Å². The van der Waals surface area contributed by atoms with Gasteiger partial charge in [-0.05, 0) is 80.3 Å². The summed E-state index contributed by atoms with van der Waals surface area (Å²) < 4.78 is 0. The molecule has 0 heterocycles. The SMILES string of the molecule is CC.CC.Cc1cc(C)c(C)cc1C.Cc1cc2ccccc2c(O)c1C. The molecule has 27 heavy (non-hydrogen) atoms. The van der Waals surface area contributed by atoms with Crippen LogP contribution in [0.4, 0.5) is 0 Å². The molecule has 0 saturated heterocycles. The van der Waals surface area contributed by atoms with Crippen LogP contribution in [0.1, 0.15) is 61.1 Å². The smallest absolute Gasteiger partial charge is 0.126 e. The Kier molecular flexibility index (Phi) is 11.1. The first kappa shape index (κ1) is 24.7. The lowest BCUT2D eigenvalue weighted by Crippen LogP contribution is -1.86. The van der Waals surface area contributed by atoms with Gasteiger partial charge in [0.1, 0.15) is 5.75 Å². The number of aromatic hydroxyl groups is 1. The van der Waals surface area contributed by atoms with Gasteiger partial charge in [-0.1, -0.05) is 70.2 Å². The first-order valence-corrected chi connectivity index (χ1v) is 10.0. The van der Waals surface area contributed by atoms with Crippen LogP contribution in [0.5, 0.6) is 5.75 Å². The highest BCUT2D eigenvalue weighted by molar-refractivity contribution is 5.90. The van der Waals surface area contributed by atoms with E-state index >= 15 is 0 Å². The van der Waals surface area contributed by atoms with Crippen molar-refractivity contribution in [2.24, 2.45) is 0 Å².